The predicted molar refractivity (Wildman–Crippen MR) is 88.2 cm³/mol. The molecule has 21 heavy (non-hydrogen) atoms. The van der Waals surface area contributed by atoms with Crippen LogP contribution in [0.4, 0.5) is 0 Å². The van der Waals surface area contributed by atoms with E-state index >= 15 is 0 Å². The lowest BCUT2D eigenvalue weighted by molar-refractivity contribution is -0.0715. The molecule has 2 aliphatic rings. The van der Waals surface area contributed by atoms with E-state index < -0.39 is 0 Å². The average Bonchev–Trinajstić information content (AvgIpc) is 2.76. The minimum atomic E-state index is -0.106. The van der Waals surface area contributed by atoms with Crippen molar-refractivity contribution in [1.82, 2.24) is 0 Å². The fourth-order valence-electron chi connectivity index (χ4n) is 4.27. The van der Waals surface area contributed by atoms with Gasteiger partial charge in [-0.25, -0.2) is 0 Å². The van der Waals surface area contributed by atoms with Crippen molar-refractivity contribution in [2.75, 3.05) is 6.61 Å². The molecule has 3 rings (SSSR count). The third-order valence-electron chi connectivity index (χ3n) is 5.69. The van der Waals surface area contributed by atoms with Crippen molar-refractivity contribution in [3.8, 4) is 0 Å². The summed E-state index contributed by atoms with van der Waals surface area (Å²) in [5.74, 6) is 1.25. The highest BCUT2D eigenvalue weighted by atomic mass is 16.5. The maximum absolute atomic E-state index is 6.36. The van der Waals surface area contributed by atoms with Gasteiger partial charge in [0.05, 0.1) is 6.61 Å². The van der Waals surface area contributed by atoms with E-state index in [0.29, 0.717) is 11.3 Å². The van der Waals surface area contributed by atoms with Crippen LogP contribution in [-0.4, -0.2) is 6.61 Å². The molecule has 0 spiro atoms. The van der Waals surface area contributed by atoms with Crippen LogP contribution in [0.25, 0.3) is 0 Å². The number of ether oxygens (including phenoxy) is 1. The fourth-order valence-corrected chi connectivity index (χ4v) is 4.27. The van der Waals surface area contributed by atoms with Crippen LogP contribution in [0.15, 0.2) is 36.4 Å². The van der Waals surface area contributed by atoms with Crippen LogP contribution in [0, 0.1) is 24.2 Å². The first-order valence-corrected chi connectivity index (χ1v) is 8.22. The fraction of sp³-hybridized carbons (Fsp3) is 0.600. The van der Waals surface area contributed by atoms with E-state index in [-0.39, 0.29) is 5.60 Å². The Morgan fingerprint density at radius 3 is 2.71 bits per heavy atom. The van der Waals surface area contributed by atoms with Gasteiger partial charge in [-0.3, -0.25) is 0 Å². The molecule has 2 fully saturated rings. The van der Waals surface area contributed by atoms with Crippen molar-refractivity contribution < 1.29 is 4.74 Å². The molecule has 1 aliphatic heterocycles. The number of rotatable bonds is 1. The maximum Gasteiger partial charge on any atom is 0.100 e. The molecule has 3 atom stereocenters. The minimum absolute atomic E-state index is 0.106. The highest BCUT2D eigenvalue weighted by molar-refractivity contribution is 5.34. The molecule has 1 aromatic rings. The summed E-state index contributed by atoms with van der Waals surface area (Å²) >= 11 is 0. The Hall–Kier alpha value is -1.08. The summed E-state index contributed by atoms with van der Waals surface area (Å²) in [5.41, 5.74) is 4.25. The highest BCUT2D eigenvalue weighted by Gasteiger charge is 2.52. The molecule has 1 saturated carbocycles. The van der Waals surface area contributed by atoms with E-state index in [1.54, 1.807) is 0 Å². The summed E-state index contributed by atoms with van der Waals surface area (Å²) in [6.45, 7) is 14.3. The van der Waals surface area contributed by atoms with Crippen LogP contribution in [0.3, 0.4) is 0 Å². The molecule has 0 aromatic heterocycles. The van der Waals surface area contributed by atoms with Gasteiger partial charge in [0.1, 0.15) is 5.60 Å². The Balaban J connectivity index is 1.97. The third-order valence-corrected chi connectivity index (χ3v) is 5.69. The molecular weight excluding hydrogens is 256 g/mol. The Labute approximate surface area is 129 Å². The lowest BCUT2D eigenvalue weighted by Gasteiger charge is -2.46. The highest BCUT2D eigenvalue weighted by Crippen LogP contribution is 2.56. The van der Waals surface area contributed by atoms with Crippen LogP contribution < -0.4 is 0 Å². The lowest BCUT2D eigenvalue weighted by Crippen LogP contribution is -2.41. The Bertz CT molecular complexity index is 551. The number of benzene rings is 1. The SMILES string of the molecule is C=C1CO[C@@]2(c3cccc(C)c3)CC[C@@H](C(C)(C)C)C[C@@H]12. The van der Waals surface area contributed by atoms with Crippen molar-refractivity contribution in [2.24, 2.45) is 17.3 Å². The molecule has 0 amide bonds. The summed E-state index contributed by atoms with van der Waals surface area (Å²) in [4.78, 5) is 0. The second-order valence-corrected chi connectivity index (χ2v) is 8.10. The van der Waals surface area contributed by atoms with E-state index in [4.69, 9.17) is 4.74 Å². The number of hydrogen-bond acceptors (Lipinski definition) is 1. The molecule has 0 radical (unpaired) electrons. The molecule has 114 valence electrons. The summed E-state index contributed by atoms with van der Waals surface area (Å²) in [6.07, 6.45) is 3.60. The van der Waals surface area contributed by atoms with E-state index in [1.807, 2.05) is 0 Å². The van der Waals surface area contributed by atoms with E-state index in [1.165, 1.54) is 29.5 Å². The Kier molecular flexibility index (Phi) is 3.52. The van der Waals surface area contributed by atoms with Crippen molar-refractivity contribution in [1.29, 1.82) is 0 Å². The first-order valence-electron chi connectivity index (χ1n) is 8.22. The quantitative estimate of drug-likeness (QED) is 0.641. The normalized spacial score (nSPS) is 33.0. The molecule has 1 saturated heterocycles. The van der Waals surface area contributed by atoms with Gasteiger partial charge in [0.25, 0.3) is 0 Å². The molecule has 0 bridgehead atoms. The largest absolute Gasteiger partial charge is 0.365 e. The zero-order valence-corrected chi connectivity index (χ0v) is 13.9. The van der Waals surface area contributed by atoms with E-state index in [2.05, 4.69) is 58.5 Å². The zero-order valence-electron chi connectivity index (χ0n) is 13.9. The monoisotopic (exact) mass is 284 g/mol. The van der Waals surface area contributed by atoms with E-state index in [0.717, 1.165) is 18.9 Å². The molecule has 1 heterocycles. The van der Waals surface area contributed by atoms with Gasteiger partial charge < -0.3 is 4.74 Å². The van der Waals surface area contributed by atoms with Crippen LogP contribution >= 0.6 is 0 Å². The second kappa shape index (κ2) is 4.98. The lowest BCUT2D eigenvalue weighted by atomic mass is 9.61. The van der Waals surface area contributed by atoms with Gasteiger partial charge in [-0.15, -0.1) is 0 Å². The molecule has 1 nitrogen and oxygen atoms in total. The van der Waals surface area contributed by atoms with Crippen molar-refractivity contribution in [3.63, 3.8) is 0 Å². The first kappa shape index (κ1) is 14.8. The smallest absolute Gasteiger partial charge is 0.100 e. The summed E-state index contributed by atoms with van der Waals surface area (Å²) in [7, 11) is 0. The summed E-state index contributed by atoms with van der Waals surface area (Å²) in [5, 5.41) is 0. The molecule has 0 N–H and O–H groups in total. The number of hydrogen-bond donors (Lipinski definition) is 0. The van der Waals surface area contributed by atoms with Crippen LogP contribution in [0.1, 0.15) is 51.2 Å². The molecule has 0 unspecified atom stereocenters. The molecule has 1 aliphatic carbocycles. The topological polar surface area (TPSA) is 9.23 Å². The van der Waals surface area contributed by atoms with Crippen molar-refractivity contribution in [3.05, 3.63) is 47.5 Å². The Morgan fingerprint density at radius 1 is 1.29 bits per heavy atom. The molecule has 1 aromatic carbocycles. The second-order valence-electron chi connectivity index (χ2n) is 8.10. The predicted octanol–water partition coefficient (Wildman–Crippen LogP) is 5.24. The van der Waals surface area contributed by atoms with Gasteiger partial charge in [-0.1, -0.05) is 57.2 Å². The van der Waals surface area contributed by atoms with Gasteiger partial charge in [0, 0.05) is 5.92 Å². The van der Waals surface area contributed by atoms with Crippen molar-refractivity contribution in [2.45, 2.75) is 52.6 Å². The van der Waals surface area contributed by atoms with Gasteiger partial charge in [-0.2, -0.15) is 0 Å². The zero-order chi connectivity index (χ0) is 15.3. The average molecular weight is 284 g/mol. The Morgan fingerprint density at radius 2 is 2.05 bits per heavy atom. The maximum atomic E-state index is 6.36. The number of aryl methyl sites for hydroxylation is 1. The van der Waals surface area contributed by atoms with Gasteiger partial charge in [0.2, 0.25) is 0 Å². The minimum Gasteiger partial charge on any atom is -0.365 e. The van der Waals surface area contributed by atoms with E-state index in [9.17, 15) is 0 Å². The summed E-state index contributed by atoms with van der Waals surface area (Å²) in [6, 6.07) is 8.88. The first-order chi connectivity index (χ1) is 9.83. The van der Waals surface area contributed by atoms with Gasteiger partial charge in [0.15, 0.2) is 0 Å². The molecular formula is C20H28O. The number of fused-ring (bicyclic) bond motifs is 1. The molecule has 1 heteroatoms. The van der Waals surface area contributed by atoms with Gasteiger partial charge >= 0.3 is 0 Å². The van der Waals surface area contributed by atoms with Crippen LogP contribution in [-0.2, 0) is 10.3 Å². The van der Waals surface area contributed by atoms with Crippen LogP contribution in [0.5, 0.6) is 0 Å². The van der Waals surface area contributed by atoms with Gasteiger partial charge in [-0.05, 0) is 48.7 Å². The summed E-state index contributed by atoms with van der Waals surface area (Å²) < 4.78 is 6.36. The van der Waals surface area contributed by atoms with Crippen LogP contribution in [0.2, 0.25) is 0 Å². The standard InChI is InChI=1S/C20H28O/c1-14-7-6-8-17(11-14)20-10-9-16(19(3,4)5)12-18(20)15(2)13-21-20/h6-8,11,16,18H,2,9-10,12-13H2,1,3-5H3/t16-,18+,20-/m1/s1. The third kappa shape index (κ3) is 2.46. The van der Waals surface area contributed by atoms with Crippen molar-refractivity contribution >= 4 is 0 Å².